The summed E-state index contributed by atoms with van der Waals surface area (Å²) in [5.74, 6) is 0. The highest BCUT2D eigenvalue weighted by molar-refractivity contribution is 5.34. The molecule has 83 valence electrons. The maximum atomic E-state index is 8.85. The molecule has 1 fully saturated rings. The molecular formula is C13H15N2O. The second-order valence-electron chi connectivity index (χ2n) is 3.90. The zero-order valence-corrected chi connectivity index (χ0v) is 9.22. The van der Waals surface area contributed by atoms with Gasteiger partial charge in [-0.3, -0.25) is 4.90 Å². The Morgan fingerprint density at radius 3 is 2.81 bits per heavy atom. The molecule has 1 heterocycles. The van der Waals surface area contributed by atoms with E-state index in [1.807, 2.05) is 24.3 Å². The van der Waals surface area contributed by atoms with Gasteiger partial charge in [-0.05, 0) is 24.6 Å². The standard InChI is InChI=1S/C13H15N2O/c1-11(15-5-7-16-8-6-15)13-4-2-3-12(9-13)10-14/h2-4,9,11H,1,5-8H2. The molecule has 1 aliphatic heterocycles. The van der Waals surface area contributed by atoms with E-state index in [0.717, 1.165) is 31.9 Å². The summed E-state index contributed by atoms with van der Waals surface area (Å²) in [5, 5.41) is 8.85. The Hall–Kier alpha value is -1.37. The smallest absolute Gasteiger partial charge is 0.0991 e. The van der Waals surface area contributed by atoms with E-state index in [1.54, 1.807) is 0 Å². The number of nitrogens with zero attached hydrogens (tertiary/aromatic N) is 2. The van der Waals surface area contributed by atoms with E-state index in [4.69, 9.17) is 10.00 Å². The van der Waals surface area contributed by atoms with Crippen LogP contribution in [0, 0.1) is 18.3 Å². The minimum absolute atomic E-state index is 0.109. The van der Waals surface area contributed by atoms with Crippen LogP contribution in [0.4, 0.5) is 0 Å². The van der Waals surface area contributed by atoms with Gasteiger partial charge in [0.15, 0.2) is 0 Å². The van der Waals surface area contributed by atoms with Crippen molar-refractivity contribution in [2.75, 3.05) is 26.3 Å². The minimum atomic E-state index is 0.109. The van der Waals surface area contributed by atoms with E-state index in [0.29, 0.717) is 5.56 Å². The highest BCUT2D eigenvalue weighted by atomic mass is 16.5. The number of rotatable bonds is 2. The van der Waals surface area contributed by atoms with Gasteiger partial charge in [0.2, 0.25) is 0 Å². The molecule has 0 aromatic heterocycles. The van der Waals surface area contributed by atoms with Gasteiger partial charge in [-0.25, -0.2) is 0 Å². The van der Waals surface area contributed by atoms with E-state index < -0.39 is 0 Å². The summed E-state index contributed by atoms with van der Waals surface area (Å²) < 4.78 is 5.31. The predicted octanol–water partition coefficient (Wildman–Crippen LogP) is 1.77. The molecule has 16 heavy (non-hydrogen) atoms. The van der Waals surface area contributed by atoms with E-state index in [9.17, 15) is 0 Å². The number of ether oxygens (including phenoxy) is 1. The van der Waals surface area contributed by atoms with E-state index >= 15 is 0 Å². The number of nitriles is 1. The molecule has 1 atom stereocenters. The summed E-state index contributed by atoms with van der Waals surface area (Å²) in [4.78, 5) is 2.28. The second kappa shape index (κ2) is 5.11. The molecule has 1 aromatic carbocycles. The van der Waals surface area contributed by atoms with E-state index in [1.165, 1.54) is 0 Å². The van der Waals surface area contributed by atoms with Gasteiger partial charge >= 0.3 is 0 Å². The highest BCUT2D eigenvalue weighted by Crippen LogP contribution is 2.21. The lowest BCUT2D eigenvalue weighted by atomic mass is 10.0. The second-order valence-corrected chi connectivity index (χ2v) is 3.90. The maximum Gasteiger partial charge on any atom is 0.0991 e. The van der Waals surface area contributed by atoms with Crippen LogP contribution < -0.4 is 0 Å². The lowest BCUT2D eigenvalue weighted by Gasteiger charge is -2.32. The Morgan fingerprint density at radius 2 is 2.12 bits per heavy atom. The number of hydrogen-bond donors (Lipinski definition) is 0. The van der Waals surface area contributed by atoms with Crippen molar-refractivity contribution in [2.45, 2.75) is 6.04 Å². The molecular weight excluding hydrogens is 200 g/mol. The molecule has 0 saturated carbocycles. The monoisotopic (exact) mass is 215 g/mol. The molecule has 1 saturated heterocycles. The summed E-state index contributed by atoms with van der Waals surface area (Å²) in [6.45, 7) is 7.52. The summed E-state index contributed by atoms with van der Waals surface area (Å²) in [7, 11) is 0. The first-order valence-corrected chi connectivity index (χ1v) is 5.46. The number of hydrogen-bond acceptors (Lipinski definition) is 3. The molecule has 0 spiro atoms. The van der Waals surface area contributed by atoms with Crippen LogP contribution in [0.2, 0.25) is 0 Å². The lowest BCUT2D eigenvalue weighted by molar-refractivity contribution is 0.0248. The van der Waals surface area contributed by atoms with Crippen LogP contribution in [0.1, 0.15) is 17.2 Å². The largest absolute Gasteiger partial charge is 0.379 e. The van der Waals surface area contributed by atoms with Crippen molar-refractivity contribution in [3.05, 3.63) is 42.3 Å². The Labute approximate surface area is 96.2 Å². The Kier molecular flexibility index (Phi) is 3.55. The summed E-state index contributed by atoms with van der Waals surface area (Å²) in [5.41, 5.74) is 1.79. The molecule has 0 N–H and O–H groups in total. The topological polar surface area (TPSA) is 36.3 Å². The van der Waals surface area contributed by atoms with Crippen LogP contribution in [-0.4, -0.2) is 31.2 Å². The van der Waals surface area contributed by atoms with Crippen molar-refractivity contribution < 1.29 is 4.74 Å². The highest BCUT2D eigenvalue weighted by Gasteiger charge is 2.18. The third-order valence-corrected chi connectivity index (χ3v) is 2.89. The van der Waals surface area contributed by atoms with Crippen molar-refractivity contribution >= 4 is 0 Å². The van der Waals surface area contributed by atoms with Gasteiger partial charge in [-0.2, -0.15) is 5.26 Å². The molecule has 3 heteroatoms. The van der Waals surface area contributed by atoms with Crippen LogP contribution in [0.15, 0.2) is 24.3 Å². The molecule has 1 unspecified atom stereocenters. The first kappa shape index (κ1) is 11.1. The number of morpholine rings is 1. The summed E-state index contributed by atoms with van der Waals surface area (Å²) in [6.07, 6.45) is 0. The zero-order chi connectivity index (χ0) is 11.4. The fourth-order valence-corrected chi connectivity index (χ4v) is 1.92. The van der Waals surface area contributed by atoms with Gasteiger partial charge < -0.3 is 4.74 Å². The summed E-state index contributed by atoms with van der Waals surface area (Å²) >= 11 is 0. The van der Waals surface area contributed by atoms with Crippen LogP contribution in [-0.2, 0) is 4.74 Å². The molecule has 1 radical (unpaired) electrons. The van der Waals surface area contributed by atoms with Crippen LogP contribution in [0.25, 0.3) is 0 Å². The zero-order valence-electron chi connectivity index (χ0n) is 9.22. The third kappa shape index (κ3) is 2.41. The quantitative estimate of drug-likeness (QED) is 0.754. The van der Waals surface area contributed by atoms with Crippen molar-refractivity contribution in [1.29, 1.82) is 5.26 Å². The minimum Gasteiger partial charge on any atom is -0.379 e. The molecule has 0 amide bonds. The molecule has 0 aliphatic carbocycles. The molecule has 1 aliphatic rings. The Morgan fingerprint density at radius 1 is 1.38 bits per heavy atom. The lowest BCUT2D eigenvalue weighted by Crippen LogP contribution is -2.38. The van der Waals surface area contributed by atoms with Gasteiger partial charge in [-0.1, -0.05) is 12.1 Å². The van der Waals surface area contributed by atoms with Gasteiger partial charge in [0.1, 0.15) is 0 Å². The first-order chi connectivity index (χ1) is 7.81. The van der Waals surface area contributed by atoms with Crippen LogP contribution in [0.5, 0.6) is 0 Å². The SMILES string of the molecule is [CH2]C(c1cccc(C#N)c1)N1CCOCC1. The van der Waals surface area contributed by atoms with Gasteiger partial charge in [-0.15, -0.1) is 0 Å². The molecule has 0 bridgehead atoms. The predicted molar refractivity (Wildman–Crippen MR) is 61.6 cm³/mol. The normalized spacial score (nSPS) is 19.0. The van der Waals surface area contributed by atoms with Crippen molar-refractivity contribution in [3.63, 3.8) is 0 Å². The Bertz CT molecular complexity index is 391. The third-order valence-electron chi connectivity index (χ3n) is 2.89. The van der Waals surface area contributed by atoms with Crippen molar-refractivity contribution in [2.24, 2.45) is 0 Å². The van der Waals surface area contributed by atoms with Gasteiger partial charge in [0, 0.05) is 19.1 Å². The summed E-state index contributed by atoms with van der Waals surface area (Å²) in [6, 6.07) is 9.92. The molecule has 1 aromatic rings. The van der Waals surface area contributed by atoms with Crippen molar-refractivity contribution in [1.82, 2.24) is 4.90 Å². The average molecular weight is 215 g/mol. The first-order valence-electron chi connectivity index (χ1n) is 5.46. The van der Waals surface area contributed by atoms with Crippen LogP contribution in [0.3, 0.4) is 0 Å². The van der Waals surface area contributed by atoms with Gasteiger partial charge in [0.05, 0.1) is 24.8 Å². The van der Waals surface area contributed by atoms with Crippen LogP contribution >= 0.6 is 0 Å². The molecule has 3 nitrogen and oxygen atoms in total. The van der Waals surface area contributed by atoms with E-state index in [2.05, 4.69) is 17.9 Å². The average Bonchev–Trinajstić information content (AvgIpc) is 2.39. The Balaban J connectivity index is 2.13. The maximum absolute atomic E-state index is 8.85. The van der Waals surface area contributed by atoms with E-state index in [-0.39, 0.29) is 6.04 Å². The van der Waals surface area contributed by atoms with Gasteiger partial charge in [0.25, 0.3) is 0 Å². The van der Waals surface area contributed by atoms with Crippen molar-refractivity contribution in [3.8, 4) is 6.07 Å². The molecule has 2 rings (SSSR count). The fraction of sp³-hybridized carbons (Fsp3) is 0.385. The number of benzene rings is 1. The fourth-order valence-electron chi connectivity index (χ4n) is 1.92.